The predicted octanol–water partition coefficient (Wildman–Crippen LogP) is 4.91. The first kappa shape index (κ1) is 26.1. The summed E-state index contributed by atoms with van der Waals surface area (Å²) in [6, 6.07) is 12.3. The third-order valence-corrected chi connectivity index (χ3v) is 7.13. The van der Waals surface area contributed by atoms with E-state index in [2.05, 4.69) is 55.1 Å². The average molecular weight is 523 g/mol. The lowest BCUT2D eigenvalue weighted by atomic mass is 10.0. The molecule has 2 aromatic carbocycles. The van der Waals surface area contributed by atoms with E-state index in [1.807, 2.05) is 33.3 Å². The summed E-state index contributed by atoms with van der Waals surface area (Å²) in [5.74, 6) is 1.05. The van der Waals surface area contributed by atoms with E-state index in [0.717, 1.165) is 60.4 Å². The highest BCUT2D eigenvalue weighted by molar-refractivity contribution is 5.99. The smallest absolute Gasteiger partial charge is 0.227 e. The number of allylic oxidation sites excluding steroid dienone is 1. The van der Waals surface area contributed by atoms with Crippen LogP contribution < -0.4 is 20.7 Å². The topological polar surface area (TPSA) is 108 Å². The molecular formula is C30H34N8O. The van der Waals surface area contributed by atoms with Crippen LogP contribution in [-0.4, -0.2) is 60.8 Å². The van der Waals surface area contributed by atoms with Crippen molar-refractivity contribution in [2.75, 3.05) is 57.3 Å². The molecule has 4 aromatic rings. The number of nitrogens with zero attached hydrogens (tertiary/aromatic N) is 6. The lowest BCUT2D eigenvalue weighted by Crippen LogP contribution is -2.29. The van der Waals surface area contributed by atoms with Gasteiger partial charge in [-0.2, -0.15) is 5.26 Å². The molecule has 0 radical (unpaired) electrons. The summed E-state index contributed by atoms with van der Waals surface area (Å²) in [5.41, 5.74) is 13.8. The number of aromatic nitrogens is 3. The Bertz CT molecular complexity index is 1580. The van der Waals surface area contributed by atoms with Crippen molar-refractivity contribution in [2.24, 2.45) is 0 Å². The zero-order chi connectivity index (χ0) is 27.5. The Morgan fingerprint density at radius 1 is 1.23 bits per heavy atom. The van der Waals surface area contributed by atoms with Crippen molar-refractivity contribution in [1.82, 2.24) is 19.4 Å². The Labute approximate surface area is 229 Å². The van der Waals surface area contributed by atoms with Gasteiger partial charge in [0.05, 0.1) is 41.5 Å². The molecule has 2 aromatic heterocycles. The first-order valence-electron chi connectivity index (χ1n) is 13.0. The van der Waals surface area contributed by atoms with Crippen LogP contribution in [0.3, 0.4) is 0 Å². The summed E-state index contributed by atoms with van der Waals surface area (Å²) in [6.07, 6.45) is 9.29. The number of aryl methyl sites for hydroxylation is 2. The fraction of sp³-hybridized carbons (Fsp3) is 0.300. The number of rotatable bonds is 9. The Hall–Kier alpha value is -4.55. The molecule has 0 saturated heterocycles. The fourth-order valence-corrected chi connectivity index (χ4v) is 5.13. The van der Waals surface area contributed by atoms with Crippen molar-refractivity contribution in [3.05, 3.63) is 59.9 Å². The maximum atomic E-state index is 9.18. The number of ether oxygens (including phenoxy) is 1. The van der Waals surface area contributed by atoms with Gasteiger partial charge >= 0.3 is 0 Å². The SMILES string of the molecule is COc1cc(N(C)CCN(C)C)c(N)cc1Nc1ncc(C=CC#N)c(-c2cn3c4c(cccc24)CCC3)n1. The van der Waals surface area contributed by atoms with Crippen LogP contribution >= 0.6 is 0 Å². The molecule has 0 unspecified atom stereocenters. The molecule has 0 spiro atoms. The molecule has 5 rings (SSSR count). The molecule has 9 nitrogen and oxygen atoms in total. The van der Waals surface area contributed by atoms with E-state index < -0.39 is 0 Å². The molecule has 200 valence electrons. The van der Waals surface area contributed by atoms with Gasteiger partial charge in [-0.15, -0.1) is 0 Å². The minimum atomic E-state index is 0.414. The van der Waals surface area contributed by atoms with Crippen LogP contribution in [0.15, 0.2) is 48.8 Å². The fourth-order valence-electron chi connectivity index (χ4n) is 5.13. The number of nitrogen functional groups attached to an aromatic ring is 1. The average Bonchev–Trinajstić information content (AvgIpc) is 3.31. The van der Waals surface area contributed by atoms with E-state index in [1.54, 1.807) is 19.4 Å². The van der Waals surface area contributed by atoms with Crippen LogP contribution in [0, 0.1) is 11.3 Å². The molecule has 1 aliphatic heterocycles. The minimum absolute atomic E-state index is 0.414. The van der Waals surface area contributed by atoms with Gasteiger partial charge in [-0.05, 0) is 44.6 Å². The van der Waals surface area contributed by atoms with Gasteiger partial charge in [-0.25, -0.2) is 9.97 Å². The molecule has 0 bridgehead atoms. The number of methoxy groups -OCH3 is 1. The number of nitrogens with one attached hydrogen (secondary N) is 1. The van der Waals surface area contributed by atoms with E-state index in [9.17, 15) is 5.26 Å². The first-order valence-corrected chi connectivity index (χ1v) is 13.0. The van der Waals surface area contributed by atoms with E-state index >= 15 is 0 Å². The zero-order valence-electron chi connectivity index (χ0n) is 22.9. The Balaban J connectivity index is 1.54. The molecule has 0 amide bonds. The second-order valence-electron chi connectivity index (χ2n) is 10.1. The lowest BCUT2D eigenvalue weighted by Gasteiger charge is -2.24. The highest BCUT2D eigenvalue weighted by atomic mass is 16.5. The van der Waals surface area contributed by atoms with Gasteiger partial charge in [0.25, 0.3) is 0 Å². The minimum Gasteiger partial charge on any atom is -0.494 e. The molecular weight excluding hydrogens is 488 g/mol. The van der Waals surface area contributed by atoms with Gasteiger partial charge in [0.2, 0.25) is 5.95 Å². The zero-order valence-corrected chi connectivity index (χ0v) is 22.9. The van der Waals surface area contributed by atoms with Crippen LogP contribution in [-0.2, 0) is 13.0 Å². The molecule has 0 fully saturated rings. The summed E-state index contributed by atoms with van der Waals surface area (Å²) in [5, 5.41) is 13.6. The molecule has 39 heavy (non-hydrogen) atoms. The Kier molecular flexibility index (Phi) is 7.39. The molecule has 0 aliphatic carbocycles. The largest absolute Gasteiger partial charge is 0.494 e. The molecule has 3 heterocycles. The van der Waals surface area contributed by atoms with Crippen LogP contribution in [0.2, 0.25) is 0 Å². The molecule has 0 atom stereocenters. The van der Waals surface area contributed by atoms with Gasteiger partial charge in [0, 0.05) is 67.7 Å². The summed E-state index contributed by atoms with van der Waals surface area (Å²) < 4.78 is 8.03. The normalized spacial score (nSPS) is 12.7. The Morgan fingerprint density at radius 2 is 2.08 bits per heavy atom. The number of anilines is 4. The van der Waals surface area contributed by atoms with Crippen molar-refractivity contribution in [2.45, 2.75) is 19.4 Å². The van der Waals surface area contributed by atoms with Crippen molar-refractivity contribution in [3.8, 4) is 23.1 Å². The summed E-state index contributed by atoms with van der Waals surface area (Å²) >= 11 is 0. The number of nitriles is 1. The molecule has 1 aliphatic rings. The first-order chi connectivity index (χ1) is 18.9. The summed E-state index contributed by atoms with van der Waals surface area (Å²) in [6.45, 7) is 2.70. The highest BCUT2D eigenvalue weighted by Gasteiger charge is 2.20. The monoisotopic (exact) mass is 522 g/mol. The van der Waals surface area contributed by atoms with Gasteiger partial charge in [-0.1, -0.05) is 18.2 Å². The number of benzene rings is 2. The third kappa shape index (κ3) is 5.24. The number of likely N-dealkylation sites (N-methyl/N-ethyl adjacent to an activating group) is 2. The van der Waals surface area contributed by atoms with E-state index in [0.29, 0.717) is 23.1 Å². The van der Waals surface area contributed by atoms with Crippen LogP contribution in [0.25, 0.3) is 28.2 Å². The molecule has 3 N–H and O–H groups in total. The second-order valence-corrected chi connectivity index (χ2v) is 10.1. The molecule has 0 saturated carbocycles. The maximum Gasteiger partial charge on any atom is 0.227 e. The van der Waals surface area contributed by atoms with Crippen LogP contribution in [0.5, 0.6) is 5.75 Å². The van der Waals surface area contributed by atoms with Gasteiger partial charge in [0.15, 0.2) is 0 Å². The second kappa shape index (κ2) is 11.1. The van der Waals surface area contributed by atoms with E-state index in [1.165, 1.54) is 17.2 Å². The number of para-hydroxylation sites is 1. The van der Waals surface area contributed by atoms with Crippen molar-refractivity contribution < 1.29 is 4.74 Å². The maximum absolute atomic E-state index is 9.18. The summed E-state index contributed by atoms with van der Waals surface area (Å²) in [4.78, 5) is 13.7. The highest BCUT2D eigenvalue weighted by Crippen LogP contribution is 2.38. The van der Waals surface area contributed by atoms with Crippen LogP contribution in [0.4, 0.5) is 23.0 Å². The molecule has 9 heteroatoms. The van der Waals surface area contributed by atoms with Crippen molar-refractivity contribution in [3.63, 3.8) is 0 Å². The standard InChI is InChI=1S/C30H34N8O/c1-36(2)14-15-37(3)26-17-27(39-4)25(16-24(26)32)34-30-33-18-21(9-6-12-31)28(35-30)23-19-38-13-7-10-20-8-5-11-22(23)29(20)38/h5-6,8-9,11,16-19H,7,10,13-15,32H2,1-4H3,(H,33,34,35). The van der Waals surface area contributed by atoms with Crippen molar-refractivity contribution in [1.29, 1.82) is 5.26 Å². The van der Waals surface area contributed by atoms with Gasteiger partial charge in [-0.3, -0.25) is 0 Å². The number of hydrogen-bond acceptors (Lipinski definition) is 8. The van der Waals surface area contributed by atoms with Gasteiger partial charge in [0.1, 0.15) is 5.75 Å². The Morgan fingerprint density at radius 3 is 2.85 bits per heavy atom. The van der Waals surface area contributed by atoms with Crippen molar-refractivity contribution >= 4 is 40.0 Å². The predicted molar refractivity (Wildman–Crippen MR) is 158 cm³/mol. The van der Waals surface area contributed by atoms with E-state index in [-0.39, 0.29) is 0 Å². The number of nitrogens with two attached hydrogens (primary N) is 1. The third-order valence-electron chi connectivity index (χ3n) is 7.13. The van der Waals surface area contributed by atoms with E-state index in [4.69, 9.17) is 15.5 Å². The van der Waals surface area contributed by atoms with Crippen LogP contribution in [0.1, 0.15) is 17.5 Å². The summed E-state index contributed by atoms with van der Waals surface area (Å²) in [7, 11) is 7.75. The lowest BCUT2D eigenvalue weighted by molar-refractivity contribution is 0.413. The quantitative estimate of drug-likeness (QED) is 0.236. The van der Waals surface area contributed by atoms with Gasteiger partial charge < -0.3 is 30.2 Å². The number of hydrogen-bond donors (Lipinski definition) is 2.